The molecule has 2 unspecified atom stereocenters. The Balaban J connectivity index is 2.68. The van der Waals surface area contributed by atoms with Gasteiger partial charge >= 0.3 is 0 Å². The van der Waals surface area contributed by atoms with Crippen molar-refractivity contribution in [1.29, 1.82) is 0 Å². The number of nitrogens with zero attached hydrogens (tertiary/aromatic N) is 2. The molecule has 0 saturated heterocycles. The largest absolute Gasteiger partial charge is 0.365 e. The van der Waals surface area contributed by atoms with Crippen LogP contribution in [0.4, 0.5) is 0 Å². The Kier molecular flexibility index (Phi) is 2.84. The van der Waals surface area contributed by atoms with Gasteiger partial charge in [0.25, 0.3) is 11.5 Å². The molecule has 2 rings (SSSR count). The Morgan fingerprint density at radius 1 is 1.62 bits per heavy atom. The monoisotopic (exact) mass is 285 g/mol. The molecular formula is C10H12BrN3O2. The van der Waals surface area contributed by atoms with Gasteiger partial charge < -0.3 is 5.73 Å². The summed E-state index contributed by atoms with van der Waals surface area (Å²) in [7, 11) is 0. The van der Waals surface area contributed by atoms with Crippen molar-refractivity contribution in [2.24, 2.45) is 5.73 Å². The highest BCUT2D eigenvalue weighted by Crippen LogP contribution is 2.34. The fourth-order valence-electron chi connectivity index (χ4n) is 1.95. The van der Waals surface area contributed by atoms with Crippen LogP contribution in [0.5, 0.6) is 0 Å². The number of carbonyl (C=O) groups excluding carboxylic acids is 1. The van der Waals surface area contributed by atoms with Crippen LogP contribution in [0.1, 0.15) is 46.8 Å². The summed E-state index contributed by atoms with van der Waals surface area (Å²) in [6.45, 7) is 1.94. The molecule has 2 N–H and O–H groups in total. The number of aromatic nitrogens is 2. The summed E-state index contributed by atoms with van der Waals surface area (Å²) in [5.41, 5.74) is 4.74. The van der Waals surface area contributed by atoms with Crippen molar-refractivity contribution in [1.82, 2.24) is 9.55 Å². The normalized spacial score (nSPS) is 23.9. The second-order valence-corrected chi connectivity index (χ2v) is 5.07. The number of carbonyl (C=O) groups is 1. The van der Waals surface area contributed by atoms with Crippen molar-refractivity contribution in [2.75, 3.05) is 0 Å². The minimum atomic E-state index is -0.725. The first-order chi connectivity index (χ1) is 7.52. The highest BCUT2D eigenvalue weighted by atomic mass is 79.9. The minimum Gasteiger partial charge on any atom is -0.365 e. The molecule has 2 atom stereocenters. The lowest BCUT2D eigenvalue weighted by molar-refractivity contribution is 0.0997. The van der Waals surface area contributed by atoms with Crippen LogP contribution in [-0.4, -0.2) is 15.5 Å². The van der Waals surface area contributed by atoms with E-state index in [2.05, 4.69) is 20.9 Å². The van der Waals surface area contributed by atoms with Gasteiger partial charge in [-0.1, -0.05) is 15.9 Å². The van der Waals surface area contributed by atoms with Crippen LogP contribution in [0, 0.1) is 0 Å². The van der Waals surface area contributed by atoms with Gasteiger partial charge in [0.2, 0.25) is 0 Å². The van der Waals surface area contributed by atoms with E-state index in [9.17, 15) is 9.59 Å². The zero-order valence-corrected chi connectivity index (χ0v) is 10.4. The van der Waals surface area contributed by atoms with Crippen molar-refractivity contribution in [3.05, 3.63) is 27.9 Å². The predicted octanol–water partition coefficient (Wildman–Crippen LogP) is 1.13. The van der Waals surface area contributed by atoms with E-state index >= 15 is 0 Å². The molecule has 6 heteroatoms. The summed E-state index contributed by atoms with van der Waals surface area (Å²) >= 11 is 3.47. The van der Waals surface area contributed by atoms with Gasteiger partial charge in [0.15, 0.2) is 0 Å². The number of alkyl halides is 1. The summed E-state index contributed by atoms with van der Waals surface area (Å²) < 4.78 is 1.56. The van der Waals surface area contributed by atoms with Gasteiger partial charge in [-0.2, -0.15) is 0 Å². The molecular weight excluding hydrogens is 274 g/mol. The molecule has 5 nitrogen and oxygen atoms in total. The molecule has 0 aromatic carbocycles. The molecule has 0 saturated carbocycles. The second-order valence-electron chi connectivity index (χ2n) is 3.96. The third-order valence-corrected chi connectivity index (χ3v) is 3.71. The van der Waals surface area contributed by atoms with Crippen LogP contribution in [-0.2, 0) is 0 Å². The van der Waals surface area contributed by atoms with Crippen LogP contribution < -0.4 is 11.3 Å². The molecule has 1 aromatic heterocycles. The Morgan fingerprint density at radius 3 is 2.94 bits per heavy atom. The number of hydrogen-bond donors (Lipinski definition) is 1. The number of nitrogens with two attached hydrogens (primary N) is 1. The average Bonchev–Trinajstić information content (AvgIpc) is 2.23. The molecule has 0 aliphatic carbocycles. The Hall–Kier alpha value is -1.17. The van der Waals surface area contributed by atoms with E-state index in [1.165, 1.54) is 6.20 Å². The Bertz CT molecular complexity index is 497. The molecule has 1 aliphatic rings. The number of halogens is 1. The van der Waals surface area contributed by atoms with Crippen molar-refractivity contribution in [2.45, 2.75) is 30.6 Å². The number of rotatable bonds is 1. The van der Waals surface area contributed by atoms with Crippen LogP contribution in [0.15, 0.2) is 11.0 Å². The van der Waals surface area contributed by atoms with Gasteiger partial charge in [-0.3, -0.25) is 14.2 Å². The van der Waals surface area contributed by atoms with Gasteiger partial charge in [-0.15, -0.1) is 0 Å². The molecule has 0 spiro atoms. The Morgan fingerprint density at radius 2 is 2.31 bits per heavy atom. The smallest absolute Gasteiger partial charge is 0.266 e. The first-order valence-corrected chi connectivity index (χ1v) is 5.99. The van der Waals surface area contributed by atoms with E-state index < -0.39 is 5.91 Å². The zero-order valence-electron chi connectivity index (χ0n) is 8.81. The SMILES string of the molecule is CC1CCC(Br)c2ncc(C(N)=O)c(=O)n21. The van der Waals surface area contributed by atoms with E-state index in [4.69, 9.17) is 5.73 Å². The third-order valence-electron chi connectivity index (χ3n) is 2.85. The van der Waals surface area contributed by atoms with E-state index in [1.807, 2.05) is 6.92 Å². The maximum atomic E-state index is 12.0. The maximum Gasteiger partial charge on any atom is 0.266 e. The van der Waals surface area contributed by atoms with Gasteiger partial charge in [0, 0.05) is 12.2 Å². The van der Waals surface area contributed by atoms with Gasteiger partial charge in [0.05, 0.1) is 4.83 Å². The molecule has 1 aromatic rings. The first kappa shape index (κ1) is 11.3. The average molecular weight is 286 g/mol. The van der Waals surface area contributed by atoms with Gasteiger partial charge in [0.1, 0.15) is 11.4 Å². The first-order valence-electron chi connectivity index (χ1n) is 5.07. The quantitative estimate of drug-likeness (QED) is 0.786. The lowest BCUT2D eigenvalue weighted by atomic mass is 10.0. The van der Waals surface area contributed by atoms with Crippen molar-refractivity contribution in [3.8, 4) is 0 Å². The zero-order chi connectivity index (χ0) is 11.9. The van der Waals surface area contributed by atoms with E-state index in [0.717, 1.165) is 12.8 Å². The van der Waals surface area contributed by atoms with Gasteiger partial charge in [-0.05, 0) is 19.8 Å². The highest BCUT2D eigenvalue weighted by Gasteiger charge is 2.26. The molecule has 1 amide bonds. The number of amides is 1. The van der Waals surface area contributed by atoms with Crippen LogP contribution in [0.3, 0.4) is 0 Å². The van der Waals surface area contributed by atoms with Crippen molar-refractivity contribution < 1.29 is 4.79 Å². The predicted molar refractivity (Wildman–Crippen MR) is 62.6 cm³/mol. The fraction of sp³-hybridized carbons (Fsp3) is 0.500. The summed E-state index contributed by atoms with van der Waals surface area (Å²) in [5.74, 6) is -0.0505. The molecule has 86 valence electrons. The van der Waals surface area contributed by atoms with E-state index in [-0.39, 0.29) is 22.0 Å². The number of primary amides is 1. The molecule has 0 bridgehead atoms. The van der Waals surface area contributed by atoms with Crippen LogP contribution >= 0.6 is 15.9 Å². The maximum absolute atomic E-state index is 12.0. The second kappa shape index (κ2) is 4.01. The molecule has 1 aliphatic heterocycles. The lowest BCUT2D eigenvalue weighted by Gasteiger charge is -2.27. The molecule has 16 heavy (non-hydrogen) atoms. The van der Waals surface area contributed by atoms with Crippen LogP contribution in [0.25, 0.3) is 0 Å². The number of hydrogen-bond acceptors (Lipinski definition) is 3. The standard InChI is InChI=1S/C10H12BrN3O2/c1-5-2-3-7(11)9-13-4-6(8(12)15)10(16)14(5)9/h4-5,7H,2-3H2,1H3,(H2,12,15). The molecule has 0 fully saturated rings. The molecule has 0 radical (unpaired) electrons. The topological polar surface area (TPSA) is 78.0 Å². The Labute approximate surface area is 101 Å². The van der Waals surface area contributed by atoms with Crippen molar-refractivity contribution in [3.63, 3.8) is 0 Å². The minimum absolute atomic E-state index is 0.0443. The summed E-state index contributed by atoms with van der Waals surface area (Å²) in [6, 6.07) is 0.0584. The van der Waals surface area contributed by atoms with E-state index in [1.54, 1.807) is 4.57 Å². The van der Waals surface area contributed by atoms with Crippen LogP contribution in [0.2, 0.25) is 0 Å². The summed E-state index contributed by atoms with van der Waals surface area (Å²) in [6.07, 6.45) is 3.08. The molecule has 2 heterocycles. The lowest BCUT2D eigenvalue weighted by Crippen LogP contribution is -2.36. The van der Waals surface area contributed by atoms with E-state index in [0.29, 0.717) is 5.82 Å². The third kappa shape index (κ3) is 1.67. The fourth-order valence-corrected chi connectivity index (χ4v) is 2.56. The van der Waals surface area contributed by atoms with Gasteiger partial charge in [-0.25, -0.2) is 4.98 Å². The van der Waals surface area contributed by atoms with Crippen molar-refractivity contribution >= 4 is 21.8 Å². The summed E-state index contributed by atoms with van der Waals surface area (Å²) in [4.78, 5) is 27.3. The summed E-state index contributed by atoms with van der Waals surface area (Å²) in [5, 5.41) is 0. The number of fused-ring (bicyclic) bond motifs is 1. The highest BCUT2D eigenvalue weighted by molar-refractivity contribution is 9.09.